The van der Waals surface area contributed by atoms with Gasteiger partial charge in [-0.15, -0.1) is 0 Å². The molecule has 6 heteroatoms. The monoisotopic (exact) mass is 407 g/mol. The second-order valence-electron chi connectivity index (χ2n) is 7.68. The van der Waals surface area contributed by atoms with Gasteiger partial charge in [-0.2, -0.15) is 5.10 Å². The van der Waals surface area contributed by atoms with E-state index in [0.29, 0.717) is 17.2 Å². The minimum Gasteiger partial charge on any atom is -0.493 e. The van der Waals surface area contributed by atoms with E-state index in [-0.39, 0.29) is 0 Å². The maximum atomic E-state index is 5.58. The molecule has 1 N–H and O–H groups in total. The Kier molecular flexibility index (Phi) is 5.57. The molecule has 0 aliphatic carbocycles. The number of anilines is 1. The molecule has 6 nitrogen and oxygen atoms in total. The van der Waals surface area contributed by atoms with E-state index in [1.165, 1.54) is 16.7 Å². The van der Waals surface area contributed by atoms with Crippen molar-refractivity contribution < 1.29 is 14.2 Å². The van der Waals surface area contributed by atoms with Gasteiger partial charge in [0.2, 0.25) is 5.75 Å². The highest BCUT2D eigenvalue weighted by molar-refractivity contribution is 5.75. The first-order valence-corrected chi connectivity index (χ1v) is 10.3. The SMILES string of the molecule is COc1cc(-c2nn(-c3cc(C)ccc3C)c3c2CCCCN3)cc(OC)c1OC. The molecule has 1 aromatic heterocycles. The van der Waals surface area contributed by atoms with E-state index < -0.39 is 0 Å². The maximum Gasteiger partial charge on any atom is 0.203 e. The van der Waals surface area contributed by atoms with Crippen LogP contribution in [0.25, 0.3) is 16.9 Å². The van der Waals surface area contributed by atoms with Crippen LogP contribution >= 0.6 is 0 Å². The first kappa shape index (κ1) is 20.1. The number of rotatable bonds is 5. The molecule has 0 bridgehead atoms. The molecule has 0 amide bonds. The van der Waals surface area contributed by atoms with Crippen molar-refractivity contribution in [2.75, 3.05) is 33.2 Å². The van der Waals surface area contributed by atoms with Gasteiger partial charge in [0.05, 0.1) is 32.7 Å². The van der Waals surface area contributed by atoms with Gasteiger partial charge in [0, 0.05) is 17.7 Å². The van der Waals surface area contributed by atoms with Crippen molar-refractivity contribution in [1.29, 1.82) is 0 Å². The summed E-state index contributed by atoms with van der Waals surface area (Å²) >= 11 is 0. The Hall–Kier alpha value is -3.15. The van der Waals surface area contributed by atoms with E-state index in [0.717, 1.165) is 48.6 Å². The van der Waals surface area contributed by atoms with Crippen LogP contribution in [0.2, 0.25) is 0 Å². The zero-order valence-corrected chi connectivity index (χ0v) is 18.3. The summed E-state index contributed by atoms with van der Waals surface area (Å²) in [7, 11) is 4.89. The van der Waals surface area contributed by atoms with Gasteiger partial charge < -0.3 is 19.5 Å². The summed E-state index contributed by atoms with van der Waals surface area (Å²) in [6.07, 6.45) is 3.23. The van der Waals surface area contributed by atoms with Crippen molar-refractivity contribution in [3.63, 3.8) is 0 Å². The van der Waals surface area contributed by atoms with Crippen molar-refractivity contribution in [1.82, 2.24) is 9.78 Å². The third kappa shape index (κ3) is 3.47. The second-order valence-corrected chi connectivity index (χ2v) is 7.68. The van der Waals surface area contributed by atoms with E-state index in [1.807, 2.05) is 12.1 Å². The fourth-order valence-electron chi connectivity index (χ4n) is 4.07. The first-order chi connectivity index (χ1) is 14.6. The average molecular weight is 408 g/mol. The fraction of sp³-hybridized carbons (Fsp3) is 0.375. The van der Waals surface area contributed by atoms with Crippen LogP contribution in [-0.2, 0) is 6.42 Å². The Morgan fingerprint density at radius 1 is 0.933 bits per heavy atom. The van der Waals surface area contributed by atoms with Gasteiger partial charge in [-0.25, -0.2) is 4.68 Å². The molecule has 158 valence electrons. The highest BCUT2D eigenvalue weighted by Crippen LogP contribution is 2.43. The lowest BCUT2D eigenvalue weighted by Crippen LogP contribution is -2.08. The van der Waals surface area contributed by atoms with E-state index in [1.54, 1.807) is 21.3 Å². The number of nitrogens with zero attached hydrogens (tertiary/aromatic N) is 2. The number of methoxy groups -OCH3 is 3. The smallest absolute Gasteiger partial charge is 0.203 e. The second kappa shape index (κ2) is 8.30. The molecule has 0 radical (unpaired) electrons. The van der Waals surface area contributed by atoms with Gasteiger partial charge in [0.15, 0.2) is 11.5 Å². The van der Waals surface area contributed by atoms with Crippen LogP contribution in [0.4, 0.5) is 5.82 Å². The van der Waals surface area contributed by atoms with Gasteiger partial charge in [0.1, 0.15) is 5.82 Å². The maximum absolute atomic E-state index is 5.58. The molecular weight excluding hydrogens is 378 g/mol. The first-order valence-electron chi connectivity index (χ1n) is 10.3. The third-order valence-corrected chi connectivity index (χ3v) is 5.66. The number of aryl methyl sites for hydroxylation is 2. The predicted octanol–water partition coefficient (Wildman–Crippen LogP) is 4.93. The Morgan fingerprint density at radius 2 is 1.67 bits per heavy atom. The Bertz CT molecular complexity index is 1050. The van der Waals surface area contributed by atoms with Crippen molar-refractivity contribution >= 4 is 5.82 Å². The van der Waals surface area contributed by atoms with Crippen molar-refractivity contribution in [2.45, 2.75) is 33.1 Å². The minimum atomic E-state index is 0.585. The molecule has 1 aliphatic rings. The van der Waals surface area contributed by atoms with Crippen molar-refractivity contribution in [2.24, 2.45) is 0 Å². The molecule has 3 aromatic rings. The molecule has 0 atom stereocenters. The Labute approximate surface area is 177 Å². The molecule has 0 fully saturated rings. The molecule has 2 aromatic carbocycles. The summed E-state index contributed by atoms with van der Waals surface area (Å²) in [5.41, 5.74) is 6.62. The van der Waals surface area contributed by atoms with Gasteiger partial charge in [-0.1, -0.05) is 12.1 Å². The summed E-state index contributed by atoms with van der Waals surface area (Å²) in [5.74, 6) is 2.92. The Morgan fingerprint density at radius 3 is 2.33 bits per heavy atom. The molecule has 0 saturated heterocycles. The van der Waals surface area contributed by atoms with Crippen LogP contribution in [0.3, 0.4) is 0 Å². The van der Waals surface area contributed by atoms with E-state index >= 15 is 0 Å². The quantitative estimate of drug-likeness (QED) is 0.650. The van der Waals surface area contributed by atoms with E-state index in [2.05, 4.69) is 42.0 Å². The van der Waals surface area contributed by atoms with Crippen LogP contribution in [0.15, 0.2) is 30.3 Å². The van der Waals surface area contributed by atoms with Gasteiger partial charge in [-0.05, 0) is 62.4 Å². The fourth-order valence-corrected chi connectivity index (χ4v) is 4.07. The molecule has 2 heterocycles. The normalized spacial score (nSPS) is 13.2. The summed E-state index contributed by atoms with van der Waals surface area (Å²) in [6, 6.07) is 10.4. The molecule has 0 unspecified atom stereocenters. The summed E-state index contributed by atoms with van der Waals surface area (Å²) < 4.78 is 18.7. The van der Waals surface area contributed by atoms with Crippen molar-refractivity contribution in [3.8, 4) is 34.2 Å². The third-order valence-electron chi connectivity index (χ3n) is 5.66. The van der Waals surface area contributed by atoms with Crippen LogP contribution in [0.1, 0.15) is 29.5 Å². The van der Waals surface area contributed by atoms with Crippen LogP contribution in [0.5, 0.6) is 17.2 Å². The zero-order valence-electron chi connectivity index (χ0n) is 18.3. The lowest BCUT2D eigenvalue weighted by atomic mass is 10.0. The van der Waals surface area contributed by atoms with Gasteiger partial charge in [0.25, 0.3) is 0 Å². The highest BCUT2D eigenvalue weighted by Gasteiger charge is 2.24. The van der Waals surface area contributed by atoms with Crippen LogP contribution < -0.4 is 19.5 Å². The summed E-state index contributed by atoms with van der Waals surface area (Å²) in [5, 5.41) is 8.71. The zero-order chi connectivity index (χ0) is 21.3. The number of hydrogen-bond donors (Lipinski definition) is 1. The topological polar surface area (TPSA) is 57.5 Å². The molecular formula is C24H29N3O3. The lowest BCUT2D eigenvalue weighted by Gasteiger charge is -2.14. The molecule has 0 saturated carbocycles. The van der Waals surface area contributed by atoms with Crippen LogP contribution in [0, 0.1) is 13.8 Å². The number of nitrogens with one attached hydrogen (secondary N) is 1. The summed E-state index contributed by atoms with van der Waals surface area (Å²) in [6.45, 7) is 5.18. The van der Waals surface area contributed by atoms with E-state index in [9.17, 15) is 0 Å². The molecule has 30 heavy (non-hydrogen) atoms. The standard InChI is InChI=1S/C24H29N3O3/c1-15-9-10-16(2)19(12-15)27-24-18(8-6-7-11-25-24)22(26-27)17-13-20(28-3)23(30-5)21(14-17)29-4/h9-10,12-14,25H,6-8,11H2,1-5H3. The average Bonchev–Trinajstić information content (AvgIpc) is 2.94. The van der Waals surface area contributed by atoms with E-state index in [4.69, 9.17) is 19.3 Å². The lowest BCUT2D eigenvalue weighted by molar-refractivity contribution is 0.324. The number of aromatic nitrogens is 2. The molecule has 0 spiro atoms. The minimum absolute atomic E-state index is 0.585. The predicted molar refractivity (Wildman–Crippen MR) is 120 cm³/mol. The largest absolute Gasteiger partial charge is 0.493 e. The summed E-state index contributed by atoms with van der Waals surface area (Å²) in [4.78, 5) is 0. The van der Waals surface area contributed by atoms with Crippen LogP contribution in [-0.4, -0.2) is 37.7 Å². The van der Waals surface area contributed by atoms with Gasteiger partial charge >= 0.3 is 0 Å². The van der Waals surface area contributed by atoms with Gasteiger partial charge in [-0.3, -0.25) is 0 Å². The number of benzene rings is 2. The molecule has 4 rings (SSSR count). The number of fused-ring (bicyclic) bond motifs is 1. The number of ether oxygens (including phenoxy) is 3. The Balaban J connectivity index is 1.96. The number of hydrogen-bond acceptors (Lipinski definition) is 5. The molecule has 1 aliphatic heterocycles. The highest BCUT2D eigenvalue weighted by atomic mass is 16.5. The van der Waals surface area contributed by atoms with Crippen molar-refractivity contribution in [3.05, 3.63) is 47.0 Å².